The summed E-state index contributed by atoms with van der Waals surface area (Å²) >= 11 is 0. The quantitative estimate of drug-likeness (QED) is 0.356. The Kier molecular flexibility index (Phi) is 8.34. The molecule has 35 heavy (non-hydrogen) atoms. The zero-order chi connectivity index (χ0) is 26.3. The van der Waals surface area contributed by atoms with Crippen LogP contribution >= 0.6 is 0 Å². The lowest BCUT2D eigenvalue weighted by atomic mass is 9.32. The SMILES string of the molecule is C=C.C=CC.C=C[C@]12CCCC1C1CCC3[C@@]4(C)CC[C@H](OC)C(C)(C)C4CC[C@@]3(C)[C@]1(C)CC2. The number of ether oxygens (including phenoxy) is 1. The fourth-order valence-corrected chi connectivity index (χ4v) is 11.4. The van der Waals surface area contributed by atoms with E-state index in [0.29, 0.717) is 33.2 Å². The summed E-state index contributed by atoms with van der Waals surface area (Å²) < 4.78 is 6.03. The van der Waals surface area contributed by atoms with E-state index in [1.807, 2.05) is 14.0 Å². The summed E-state index contributed by atoms with van der Waals surface area (Å²) in [5.41, 5.74) is 2.30. The summed E-state index contributed by atoms with van der Waals surface area (Å²) in [6.07, 6.45) is 20.2. The van der Waals surface area contributed by atoms with Crippen molar-refractivity contribution in [3.8, 4) is 0 Å². The summed E-state index contributed by atoms with van der Waals surface area (Å²) in [6, 6.07) is 0. The summed E-state index contributed by atoms with van der Waals surface area (Å²) in [5, 5.41) is 0. The molecule has 5 aliphatic rings. The smallest absolute Gasteiger partial charge is 0.0625 e. The van der Waals surface area contributed by atoms with Gasteiger partial charge in [-0.1, -0.05) is 53.2 Å². The van der Waals surface area contributed by atoms with Crippen LogP contribution in [0.2, 0.25) is 0 Å². The molecular weight excluding hydrogens is 424 g/mol. The first kappa shape index (κ1) is 28.7. The van der Waals surface area contributed by atoms with E-state index in [0.717, 1.165) is 23.7 Å². The van der Waals surface area contributed by atoms with E-state index in [4.69, 9.17) is 4.74 Å². The van der Waals surface area contributed by atoms with Crippen LogP contribution in [0.1, 0.15) is 112 Å². The van der Waals surface area contributed by atoms with E-state index in [1.54, 1.807) is 6.08 Å². The van der Waals surface area contributed by atoms with Crippen molar-refractivity contribution in [2.75, 3.05) is 7.11 Å². The highest BCUT2D eigenvalue weighted by molar-refractivity contribution is 5.20. The fraction of sp³-hybridized carbons (Fsp3) is 0.824. The summed E-state index contributed by atoms with van der Waals surface area (Å²) in [5.74, 6) is 3.54. The van der Waals surface area contributed by atoms with Gasteiger partial charge in [0.15, 0.2) is 0 Å². The van der Waals surface area contributed by atoms with Crippen LogP contribution in [0.3, 0.4) is 0 Å². The second-order valence-corrected chi connectivity index (χ2v) is 14.1. The van der Waals surface area contributed by atoms with E-state index >= 15 is 0 Å². The maximum Gasteiger partial charge on any atom is 0.0625 e. The predicted molar refractivity (Wildman–Crippen MR) is 153 cm³/mol. The molecule has 0 bridgehead atoms. The average molecular weight is 483 g/mol. The predicted octanol–water partition coefficient (Wildman–Crippen LogP) is 10.0. The van der Waals surface area contributed by atoms with E-state index in [-0.39, 0.29) is 0 Å². The molecule has 0 aromatic heterocycles. The summed E-state index contributed by atoms with van der Waals surface area (Å²) in [4.78, 5) is 0. The van der Waals surface area contributed by atoms with Gasteiger partial charge in [-0.15, -0.1) is 26.3 Å². The first-order chi connectivity index (χ1) is 16.5. The van der Waals surface area contributed by atoms with Gasteiger partial charge in [-0.25, -0.2) is 0 Å². The third kappa shape index (κ3) is 3.97. The molecule has 5 fully saturated rings. The van der Waals surface area contributed by atoms with Gasteiger partial charge in [0, 0.05) is 7.11 Å². The van der Waals surface area contributed by atoms with Crippen molar-refractivity contribution in [3.05, 3.63) is 38.5 Å². The first-order valence-electron chi connectivity index (χ1n) is 14.7. The van der Waals surface area contributed by atoms with Crippen LogP contribution < -0.4 is 0 Å². The number of allylic oxidation sites excluding steroid dienone is 2. The van der Waals surface area contributed by atoms with Crippen LogP contribution in [-0.4, -0.2) is 13.2 Å². The lowest BCUT2D eigenvalue weighted by molar-refractivity contribution is -0.245. The lowest BCUT2D eigenvalue weighted by Crippen LogP contribution is -2.66. The van der Waals surface area contributed by atoms with E-state index in [2.05, 4.69) is 67.0 Å². The molecule has 1 heteroatoms. The number of methoxy groups -OCH3 is 1. The minimum absolute atomic E-state index is 0.302. The first-order valence-corrected chi connectivity index (χ1v) is 14.7. The average Bonchev–Trinajstić information content (AvgIpc) is 3.26. The summed E-state index contributed by atoms with van der Waals surface area (Å²) in [6.45, 7) is 28.9. The Morgan fingerprint density at radius 1 is 0.714 bits per heavy atom. The molecule has 4 unspecified atom stereocenters. The van der Waals surface area contributed by atoms with Crippen LogP contribution in [0.25, 0.3) is 0 Å². The van der Waals surface area contributed by atoms with Gasteiger partial charge in [-0.2, -0.15) is 0 Å². The molecule has 5 aliphatic carbocycles. The molecule has 1 nitrogen and oxygen atoms in total. The molecule has 200 valence electrons. The molecule has 0 amide bonds. The normalized spacial score (nSPS) is 49.3. The lowest BCUT2D eigenvalue weighted by Gasteiger charge is -2.72. The second-order valence-electron chi connectivity index (χ2n) is 14.1. The molecule has 0 spiro atoms. The number of fused-ring (bicyclic) bond motifs is 7. The largest absolute Gasteiger partial charge is 0.381 e. The topological polar surface area (TPSA) is 9.23 Å². The third-order valence-electron chi connectivity index (χ3n) is 13.1. The minimum Gasteiger partial charge on any atom is -0.381 e. The molecule has 5 saturated carbocycles. The Morgan fingerprint density at radius 3 is 1.97 bits per heavy atom. The van der Waals surface area contributed by atoms with Gasteiger partial charge in [0.05, 0.1) is 6.10 Å². The monoisotopic (exact) mass is 482 g/mol. The Labute approximate surface area is 219 Å². The number of rotatable bonds is 2. The molecule has 0 saturated heterocycles. The minimum atomic E-state index is 0.302. The van der Waals surface area contributed by atoms with Crippen molar-refractivity contribution in [1.29, 1.82) is 0 Å². The van der Waals surface area contributed by atoms with Gasteiger partial charge in [0.1, 0.15) is 0 Å². The molecule has 5 rings (SSSR count). The van der Waals surface area contributed by atoms with Crippen molar-refractivity contribution in [2.24, 2.45) is 50.7 Å². The summed E-state index contributed by atoms with van der Waals surface area (Å²) in [7, 11) is 1.95. The fourth-order valence-electron chi connectivity index (χ4n) is 11.4. The maximum atomic E-state index is 6.03. The van der Waals surface area contributed by atoms with Crippen molar-refractivity contribution < 1.29 is 4.74 Å². The zero-order valence-corrected chi connectivity index (χ0v) is 24.6. The van der Waals surface area contributed by atoms with Gasteiger partial charge in [0.25, 0.3) is 0 Å². The van der Waals surface area contributed by atoms with Gasteiger partial charge >= 0.3 is 0 Å². The molecule has 0 radical (unpaired) electrons. The van der Waals surface area contributed by atoms with Crippen LogP contribution in [0.15, 0.2) is 38.5 Å². The van der Waals surface area contributed by atoms with Crippen LogP contribution in [0.4, 0.5) is 0 Å². The molecule has 0 aliphatic heterocycles. The molecule has 0 aromatic carbocycles. The van der Waals surface area contributed by atoms with Crippen molar-refractivity contribution in [2.45, 2.75) is 118 Å². The van der Waals surface area contributed by atoms with Crippen molar-refractivity contribution >= 4 is 0 Å². The highest BCUT2D eigenvalue weighted by Crippen LogP contribution is 2.76. The molecule has 9 atom stereocenters. The van der Waals surface area contributed by atoms with Gasteiger partial charge in [-0.3, -0.25) is 0 Å². The van der Waals surface area contributed by atoms with Crippen LogP contribution in [0.5, 0.6) is 0 Å². The molecule has 0 heterocycles. The molecular formula is C34H58O. The number of hydrogen-bond acceptors (Lipinski definition) is 1. The Hall–Kier alpha value is -0.820. The zero-order valence-electron chi connectivity index (χ0n) is 24.6. The standard InChI is InChI=1S/C29H48O.C3H6.C2H4/c1-8-29-15-9-10-21(29)20-11-12-23-26(4)16-14-24(30-7)25(2,3)22(26)13-17-28(23,6)27(20,5)18-19-29;1-3-2;1-2/h8,20-24H,1,9-19H2,2-7H3;3H,1H2,2H3;1-2H2/t20?,21?,22?,23?,24-,26-,27+,28+,29+;;/m0../s1. The van der Waals surface area contributed by atoms with E-state index < -0.39 is 0 Å². The van der Waals surface area contributed by atoms with E-state index in [1.165, 1.54) is 70.6 Å². The number of hydrogen-bond donors (Lipinski definition) is 0. The van der Waals surface area contributed by atoms with Crippen LogP contribution in [-0.2, 0) is 4.74 Å². The molecule has 0 N–H and O–H groups in total. The Morgan fingerprint density at radius 2 is 1.37 bits per heavy atom. The molecule has 0 aromatic rings. The van der Waals surface area contributed by atoms with Crippen molar-refractivity contribution in [3.63, 3.8) is 0 Å². The van der Waals surface area contributed by atoms with E-state index in [9.17, 15) is 0 Å². The highest BCUT2D eigenvalue weighted by atomic mass is 16.5. The van der Waals surface area contributed by atoms with Crippen molar-refractivity contribution in [1.82, 2.24) is 0 Å². The Balaban J connectivity index is 0.000000638. The Bertz CT molecular complexity index is 767. The third-order valence-corrected chi connectivity index (χ3v) is 13.1. The maximum absolute atomic E-state index is 6.03. The van der Waals surface area contributed by atoms with Gasteiger partial charge in [-0.05, 0) is 122 Å². The highest BCUT2D eigenvalue weighted by Gasteiger charge is 2.69. The van der Waals surface area contributed by atoms with Crippen LogP contribution in [0, 0.1) is 50.7 Å². The van der Waals surface area contributed by atoms with Gasteiger partial charge < -0.3 is 4.74 Å². The van der Waals surface area contributed by atoms with Gasteiger partial charge in [0.2, 0.25) is 0 Å². The second kappa shape index (κ2) is 10.2.